The van der Waals surface area contributed by atoms with Crippen LogP contribution in [0.3, 0.4) is 0 Å². The molecule has 0 amide bonds. The van der Waals surface area contributed by atoms with E-state index in [1.807, 2.05) is 0 Å². The summed E-state index contributed by atoms with van der Waals surface area (Å²) in [6.07, 6.45) is 0. The van der Waals surface area contributed by atoms with E-state index in [0.29, 0.717) is 23.7 Å². The van der Waals surface area contributed by atoms with Gasteiger partial charge < -0.3 is 0 Å². The van der Waals surface area contributed by atoms with E-state index in [1.54, 1.807) is 19.9 Å². The Morgan fingerprint density at radius 1 is 1.24 bits per heavy atom. The number of sulfonamides is 1. The van der Waals surface area contributed by atoms with E-state index in [2.05, 4.69) is 0 Å². The average Bonchev–Trinajstić information content (AvgIpc) is 2.30. The second kappa shape index (κ2) is 6.05. The van der Waals surface area contributed by atoms with Crippen molar-refractivity contribution >= 4 is 33.2 Å². The maximum Gasteiger partial charge on any atom is 0.243 e. The molecular weight excluding hydrogens is 281 g/mol. The Labute approximate surface area is 112 Å². The van der Waals surface area contributed by atoms with Crippen molar-refractivity contribution in [3.05, 3.63) is 28.8 Å². The van der Waals surface area contributed by atoms with Gasteiger partial charge in [-0.05, 0) is 23.8 Å². The molecule has 1 aromatic carbocycles. The summed E-state index contributed by atoms with van der Waals surface area (Å²) in [6, 6.07) is 4.60. The van der Waals surface area contributed by atoms with Crippen LogP contribution in [0.2, 0.25) is 5.02 Å². The first-order chi connectivity index (χ1) is 7.97. The molecule has 0 aliphatic carbocycles. The number of benzene rings is 1. The SMILES string of the molecule is CCN(CC)S(=O)(=O)c1ccc(Cl)c(CCl)c1. The van der Waals surface area contributed by atoms with Crippen LogP contribution >= 0.6 is 23.2 Å². The van der Waals surface area contributed by atoms with Crippen molar-refractivity contribution < 1.29 is 8.42 Å². The summed E-state index contributed by atoms with van der Waals surface area (Å²) in [7, 11) is -3.43. The Balaban J connectivity index is 3.24. The third-order valence-corrected chi connectivity index (χ3v) is 5.21. The van der Waals surface area contributed by atoms with Crippen LogP contribution in [0.25, 0.3) is 0 Å². The number of hydrogen-bond acceptors (Lipinski definition) is 2. The topological polar surface area (TPSA) is 37.4 Å². The molecule has 0 unspecified atom stereocenters. The Bertz CT molecular complexity index is 484. The molecule has 0 spiro atoms. The van der Waals surface area contributed by atoms with Crippen molar-refractivity contribution in [2.75, 3.05) is 13.1 Å². The lowest BCUT2D eigenvalue weighted by Crippen LogP contribution is -2.30. The van der Waals surface area contributed by atoms with Gasteiger partial charge in [0.1, 0.15) is 0 Å². The summed E-state index contributed by atoms with van der Waals surface area (Å²) in [5.74, 6) is 0.195. The van der Waals surface area contributed by atoms with Gasteiger partial charge in [0.2, 0.25) is 10.0 Å². The molecule has 0 bridgehead atoms. The third kappa shape index (κ3) is 3.13. The van der Waals surface area contributed by atoms with Gasteiger partial charge >= 0.3 is 0 Å². The molecule has 1 rings (SSSR count). The van der Waals surface area contributed by atoms with Crippen molar-refractivity contribution in [2.45, 2.75) is 24.6 Å². The van der Waals surface area contributed by atoms with E-state index in [-0.39, 0.29) is 10.8 Å². The van der Waals surface area contributed by atoms with E-state index < -0.39 is 10.0 Å². The van der Waals surface area contributed by atoms with Gasteiger partial charge in [-0.3, -0.25) is 0 Å². The molecule has 1 aromatic rings. The highest BCUT2D eigenvalue weighted by Crippen LogP contribution is 2.24. The lowest BCUT2D eigenvalue weighted by atomic mass is 10.2. The zero-order valence-corrected chi connectivity index (χ0v) is 12.1. The smallest absolute Gasteiger partial charge is 0.207 e. The highest BCUT2D eigenvalue weighted by molar-refractivity contribution is 7.89. The van der Waals surface area contributed by atoms with E-state index in [1.165, 1.54) is 16.4 Å². The van der Waals surface area contributed by atoms with Crippen LogP contribution in [0.4, 0.5) is 0 Å². The van der Waals surface area contributed by atoms with E-state index in [9.17, 15) is 8.42 Å². The van der Waals surface area contributed by atoms with Crippen molar-refractivity contribution in [2.24, 2.45) is 0 Å². The van der Waals surface area contributed by atoms with Crippen LogP contribution in [-0.2, 0) is 15.9 Å². The van der Waals surface area contributed by atoms with Crippen molar-refractivity contribution in [3.63, 3.8) is 0 Å². The molecule has 6 heteroatoms. The number of nitrogens with zero attached hydrogens (tertiary/aromatic N) is 1. The van der Waals surface area contributed by atoms with E-state index in [4.69, 9.17) is 23.2 Å². The van der Waals surface area contributed by atoms with Crippen LogP contribution < -0.4 is 0 Å². The molecule has 0 aromatic heterocycles. The second-order valence-electron chi connectivity index (χ2n) is 3.48. The molecule has 0 N–H and O–H groups in total. The van der Waals surface area contributed by atoms with Crippen LogP contribution in [0.15, 0.2) is 23.1 Å². The molecule has 0 saturated carbocycles. The first kappa shape index (κ1) is 14.8. The number of rotatable bonds is 5. The van der Waals surface area contributed by atoms with Crippen molar-refractivity contribution in [3.8, 4) is 0 Å². The zero-order valence-electron chi connectivity index (χ0n) is 9.78. The van der Waals surface area contributed by atoms with E-state index in [0.717, 1.165) is 0 Å². The van der Waals surface area contributed by atoms with Crippen molar-refractivity contribution in [1.82, 2.24) is 4.31 Å². The molecule has 0 heterocycles. The lowest BCUT2D eigenvalue weighted by molar-refractivity contribution is 0.445. The molecule has 17 heavy (non-hydrogen) atoms. The van der Waals surface area contributed by atoms with Crippen LogP contribution in [0, 0.1) is 0 Å². The fourth-order valence-electron chi connectivity index (χ4n) is 1.53. The molecule has 0 saturated heterocycles. The summed E-state index contributed by atoms with van der Waals surface area (Å²) in [6.45, 7) is 4.49. The summed E-state index contributed by atoms with van der Waals surface area (Å²) < 4.78 is 25.8. The summed E-state index contributed by atoms with van der Waals surface area (Å²) >= 11 is 11.6. The molecule has 0 aliphatic rings. The standard InChI is InChI=1S/C11H15Cl2NO2S/c1-3-14(4-2)17(15,16)10-5-6-11(13)9(7-10)8-12/h5-7H,3-4,8H2,1-2H3. The first-order valence-electron chi connectivity index (χ1n) is 5.31. The lowest BCUT2D eigenvalue weighted by Gasteiger charge is -2.18. The molecule has 96 valence electrons. The first-order valence-corrected chi connectivity index (χ1v) is 7.67. The third-order valence-electron chi connectivity index (χ3n) is 2.50. The van der Waals surface area contributed by atoms with Gasteiger partial charge in [-0.1, -0.05) is 25.4 Å². The molecule has 0 fully saturated rings. The maximum absolute atomic E-state index is 12.2. The molecular formula is C11H15Cl2NO2S. The molecule has 0 radical (unpaired) electrons. The van der Waals surface area contributed by atoms with Gasteiger partial charge in [-0.2, -0.15) is 4.31 Å². The second-order valence-corrected chi connectivity index (χ2v) is 6.09. The van der Waals surface area contributed by atoms with E-state index >= 15 is 0 Å². The maximum atomic E-state index is 12.2. The Hall–Kier alpha value is -0.290. The van der Waals surface area contributed by atoms with Crippen LogP contribution in [0.1, 0.15) is 19.4 Å². The summed E-state index contributed by atoms with van der Waals surface area (Å²) in [4.78, 5) is 0.237. The number of hydrogen-bond donors (Lipinski definition) is 0. The summed E-state index contributed by atoms with van der Waals surface area (Å²) in [5.41, 5.74) is 0.626. The Morgan fingerprint density at radius 2 is 1.82 bits per heavy atom. The predicted molar refractivity (Wildman–Crippen MR) is 71.1 cm³/mol. The number of halogens is 2. The van der Waals surface area contributed by atoms with Gasteiger partial charge in [0.05, 0.1) is 4.90 Å². The van der Waals surface area contributed by atoms with Gasteiger partial charge in [0.15, 0.2) is 0 Å². The molecule has 0 atom stereocenters. The fraction of sp³-hybridized carbons (Fsp3) is 0.455. The monoisotopic (exact) mass is 295 g/mol. The largest absolute Gasteiger partial charge is 0.243 e. The number of alkyl halides is 1. The minimum Gasteiger partial charge on any atom is -0.207 e. The van der Waals surface area contributed by atoms with Gasteiger partial charge in [-0.15, -0.1) is 11.6 Å². The Kier molecular flexibility index (Phi) is 5.25. The quantitative estimate of drug-likeness (QED) is 0.783. The molecule has 3 nitrogen and oxygen atoms in total. The van der Waals surface area contributed by atoms with Crippen molar-refractivity contribution in [1.29, 1.82) is 0 Å². The van der Waals surface area contributed by atoms with Crippen LogP contribution in [0.5, 0.6) is 0 Å². The fourth-order valence-corrected chi connectivity index (χ4v) is 3.51. The minimum atomic E-state index is -3.43. The highest BCUT2D eigenvalue weighted by atomic mass is 35.5. The minimum absolute atomic E-state index is 0.195. The van der Waals surface area contributed by atoms with Gasteiger partial charge in [-0.25, -0.2) is 8.42 Å². The van der Waals surface area contributed by atoms with Gasteiger partial charge in [0, 0.05) is 24.0 Å². The Morgan fingerprint density at radius 3 is 2.29 bits per heavy atom. The normalized spacial score (nSPS) is 12.1. The summed E-state index contributed by atoms with van der Waals surface area (Å²) in [5, 5.41) is 0.485. The molecule has 0 aliphatic heterocycles. The average molecular weight is 296 g/mol. The zero-order chi connectivity index (χ0) is 13.1. The van der Waals surface area contributed by atoms with Crippen LogP contribution in [-0.4, -0.2) is 25.8 Å². The highest BCUT2D eigenvalue weighted by Gasteiger charge is 2.22. The van der Waals surface area contributed by atoms with Gasteiger partial charge in [0.25, 0.3) is 0 Å². The predicted octanol–water partition coefficient (Wildman–Crippen LogP) is 3.11.